The lowest BCUT2D eigenvalue weighted by molar-refractivity contribution is -0.144. The molecule has 1 heterocycles. The molecule has 6 heteroatoms. The van der Waals surface area contributed by atoms with Crippen LogP contribution in [0.5, 0.6) is 0 Å². The molecule has 1 aliphatic rings. The fourth-order valence-corrected chi connectivity index (χ4v) is 3.31. The molecule has 0 spiro atoms. The van der Waals surface area contributed by atoms with E-state index in [1.807, 2.05) is 56.0 Å². The molecule has 0 bridgehead atoms. The number of carboxylic acid groups (broad SMARTS) is 1. The predicted molar refractivity (Wildman–Crippen MR) is 100 cm³/mol. The van der Waals surface area contributed by atoms with Crippen molar-refractivity contribution in [1.29, 1.82) is 0 Å². The molecule has 1 amide bonds. The van der Waals surface area contributed by atoms with Crippen LogP contribution in [0.15, 0.2) is 30.3 Å². The van der Waals surface area contributed by atoms with E-state index in [1.54, 1.807) is 0 Å². The zero-order valence-electron chi connectivity index (χ0n) is 15.9. The lowest BCUT2D eigenvalue weighted by Gasteiger charge is -2.35. The topological polar surface area (TPSA) is 78.9 Å². The van der Waals surface area contributed by atoms with Crippen molar-refractivity contribution in [2.45, 2.75) is 64.1 Å². The number of carbonyl (C=O) groups is 2. The second-order valence-corrected chi connectivity index (χ2v) is 7.88. The first kappa shape index (κ1) is 20.2. The number of hydrogen-bond donors (Lipinski definition) is 2. The van der Waals surface area contributed by atoms with Gasteiger partial charge in [-0.15, -0.1) is 0 Å². The van der Waals surface area contributed by atoms with Crippen molar-refractivity contribution in [2.24, 2.45) is 0 Å². The van der Waals surface area contributed by atoms with Crippen molar-refractivity contribution in [3.8, 4) is 0 Å². The number of alkyl carbamates (subject to hydrolysis) is 1. The number of benzene rings is 1. The van der Waals surface area contributed by atoms with Crippen LogP contribution in [0.2, 0.25) is 0 Å². The van der Waals surface area contributed by atoms with Gasteiger partial charge in [-0.25, -0.2) is 4.79 Å². The van der Waals surface area contributed by atoms with Gasteiger partial charge in [0.05, 0.1) is 0 Å². The van der Waals surface area contributed by atoms with Gasteiger partial charge < -0.3 is 15.2 Å². The monoisotopic (exact) mass is 362 g/mol. The Morgan fingerprint density at radius 2 is 1.96 bits per heavy atom. The van der Waals surface area contributed by atoms with E-state index < -0.39 is 23.7 Å². The molecule has 1 aromatic rings. The van der Waals surface area contributed by atoms with Crippen molar-refractivity contribution in [1.82, 2.24) is 10.2 Å². The van der Waals surface area contributed by atoms with Crippen LogP contribution in [0.25, 0.3) is 0 Å². The Bertz CT molecular complexity index is 598. The van der Waals surface area contributed by atoms with Gasteiger partial charge in [-0.05, 0) is 52.1 Å². The summed E-state index contributed by atoms with van der Waals surface area (Å²) < 4.78 is 5.38. The van der Waals surface area contributed by atoms with Gasteiger partial charge in [0, 0.05) is 12.6 Å². The molecule has 2 rings (SSSR count). The Kier molecular flexibility index (Phi) is 7.03. The highest BCUT2D eigenvalue weighted by atomic mass is 16.6. The van der Waals surface area contributed by atoms with Crippen LogP contribution in [0.4, 0.5) is 4.79 Å². The second-order valence-electron chi connectivity index (χ2n) is 7.88. The molecule has 0 radical (unpaired) electrons. The van der Waals surface area contributed by atoms with Crippen LogP contribution in [0, 0.1) is 0 Å². The summed E-state index contributed by atoms with van der Waals surface area (Å²) in [5.74, 6) is -0.791. The van der Waals surface area contributed by atoms with Crippen molar-refractivity contribution in [3.05, 3.63) is 35.9 Å². The molecule has 6 nitrogen and oxygen atoms in total. The summed E-state index contributed by atoms with van der Waals surface area (Å²) in [6.07, 6.45) is 2.72. The SMILES string of the molecule is CC(C)(C)OC(=O)NC(Cc1ccccc1)CN1CCCC[C@H]1C(=O)O. The fourth-order valence-electron chi connectivity index (χ4n) is 3.31. The number of hydrogen-bond acceptors (Lipinski definition) is 4. The highest BCUT2D eigenvalue weighted by molar-refractivity contribution is 5.73. The van der Waals surface area contributed by atoms with E-state index in [2.05, 4.69) is 5.32 Å². The number of aliphatic carboxylic acids is 1. The molecule has 144 valence electrons. The number of carboxylic acids is 1. The Labute approximate surface area is 155 Å². The Morgan fingerprint density at radius 3 is 2.58 bits per heavy atom. The summed E-state index contributed by atoms with van der Waals surface area (Å²) in [6, 6.07) is 9.19. The standard InChI is InChI=1S/C20H30N2O4/c1-20(2,3)26-19(25)21-16(13-15-9-5-4-6-10-15)14-22-12-8-7-11-17(22)18(23)24/h4-6,9-10,16-17H,7-8,11-14H2,1-3H3,(H,21,25)(H,23,24)/t16?,17-/m0/s1. The number of rotatable bonds is 6. The van der Waals surface area contributed by atoms with Crippen molar-refractivity contribution >= 4 is 12.1 Å². The summed E-state index contributed by atoms with van der Waals surface area (Å²) in [4.78, 5) is 25.8. The fraction of sp³-hybridized carbons (Fsp3) is 0.600. The maximum absolute atomic E-state index is 12.2. The average molecular weight is 362 g/mol. The van der Waals surface area contributed by atoms with Crippen LogP contribution in [0.1, 0.15) is 45.6 Å². The van der Waals surface area contributed by atoms with E-state index in [1.165, 1.54) is 0 Å². The molecule has 26 heavy (non-hydrogen) atoms. The number of likely N-dealkylation sites (tertiary alicyclic amines) is 1. The third kappa shape index (κ3) is 6.67. The van der Waals surface area contributed by atoms with Gasteiger partial charge in [0.25, 0.3) is 0 Å². The van der Waals surface area contributed by atoms with Crippen LogP contribution >= 0.6 is 0 Å². The van der Waals surface area contributed by atoms with E-state index in [-0.39, 0.29) is 6.04 Å². The van der Waals surface area contributed by atoms with E-state index in [0.717, 1.165) is 24.9 Å². The summed E-state index contributed by atoms with van der Waals surface area (Å²) >= 11 is 0. The lowest BCUT2D eigenvalue weighted by Crippen LogP contribution is -2.52. The summed E-state index contributed by atoms with van der Waals surface area (Å²) in [5.41, 5.74) is 0.522. The normalized spacial score (nSPS) is 19.6. The molecular weight excluding hydrogens is 332 g/mol. The minimum Gasteiger partial charge on any atom is -0.480 e. The zero-order chi connectivity index (χ0) is 19.2. The maximum atomic E-state index is 12.2. The van der Waals surface area contributed by atoms with Crippen molar-refractivity contribution < 1.29 is 19.4 Å². The Hall–Kier alpha value is -2.08. The van der Waals surface area contributed by atoms with E-state index in [4.69, 9.17) is 4.74 Å². The van der Waals surface area contributed by atoms with Gasteiger partial charge >= 0.3 is 12.1 Å². The first-order valence-electron chi connectivity index (χ1n) is 9.25. The third-order valence-corrected chi connectivity index (χ3v) is 4.40. The molecule has 0 aliphatic carbocycles. The largest absolute Gasteiger partial charge is 0.480 e. The lowest BCUT2D eigenvalue weighted by atomic mass is 9.99. The minimum absolute atomic E-state index is 0.216. The van der Waals surface area contributed by atoms with Gasteiger partial charge in [-0.3, -0.25) is 9.69 Å². The summed E-state index contributed by atoms with van der Waals surface area (Å²) in [7, 11) is 0. The first-order valence-corrected chi connectivity index (χ1v) is 9.25. The summed E-state index contributed by atoms with van der Waals surface area (Å²) in [6.45, 7) is 6.70. The number of amides is 1. The van der Waals surface area contributed by atoms with Crippen LogP contribution < -0.4 is 5.32 Å². The number of piperidine rings is 1. The van der Waals surface area contributed by atoms with Gasteiger partial charge in [0.15, 0.2) is 0 Å². The van der Waals surface area contributed by atoms with Crippen LogP contribution in [-0.2, 0) is 16.0 Å². The molecular formula is C20H30N2O4. The smallest absolute Gasteiger partial charge is 0.407 e. The quantitative estimate of drug-likeness (QED) is 0.813. The molecule has 1 saturated heterocycles. The average Bonchev–Trinajstić information content (AvgIpc) is 2.54. The van der Waals surface area contributed by atoms with E-state index in [9.17, 15) is 14.7 Å². The molecule has 0 saturated carbocycles. The summed E-state index contributed by atoms with van der Waals surface area (Å²) in [5, 5.41) is 12.4. The molecule has 0 aromatic heterocycles. The molecule has 1 unspecified atom stereocenters. The van der Waals surface area contributed by atoms with Gasteiger partial charge in [0.2, 0.25) is 0 Å². The molecule has 2 N–H and O–H groups in total. The van der Waals surface area contributed by atoms with Gasteiger partial charge in [-0.1, -0.05) is 36.8 Å². The van der Waals surface area contributed by atoms with E-state index in [0.29, 0.717) is 19.4 Å². The number of ether oxygens (including phenoxy) is 1. The predicted octanol–water partition coefficient (Wildman–Crippen LogP) is 3.06. The molecule has 1 aromatic carbocycles. The van der Waals surface area contributed by atoms with Crippen molar-refractivity contribution in [2.75, 3.05) is 13.1 Å². The Balaban J connectivity index is 2.08. The molecule has 1 aliphatic heterocycles. The van der Waals surface area contributed by atoms with Gasteiger partial charge in [0.1, 0.15) is 11.6 Å². The van der Waals surface area contributed by atoms with Gasteiger partial charge in [-0.2, -0.15) is 0 Å². The number of nitrogens with one attached hydrogen (secondary N) is 1. The number of nitrogens with zero attached hydrogens (tertiary/aromatic N) is 1. The molecule has 2 atom stereocenters. The minimum atomic E-state index is -0.791. The molecule has 1 fully saturated rings. The number of carbonyl (C=O) groups excluding carboxylic acids is 1. The highest BCUT2D eigenvalue weighted by Crippen LogP contribution is 2.18. The van der Waals surface area contributed by atoms with E-state index >= 15 is 0 Å². The highest BCUT2D eigenvalue weighted by Gasteiger charge is 2.31. The second kappa shape index (κ2) is 9.03. The first-order chi connectivity index (χ1) is 12.2. The zero-order valence-corrected chi connectivity index (χ0v) is 15.9. The maximum Gasteiger partial charge on any atom is 0.407 e. The van der Waals surface area contributed by atoms with Crippen LogP contribution in [-0.4, -0.2) is 52.8 Å². The van der Waals surface area contributed by atoms with Crippen molar-refractivity contribution in [3.63, 3.8) is 0 Å². The third-order valence-electron chi connectivity index (χ3n) is 4.40. The Morgan fingerprint density at radius 1 is 1.27 bits per heavy atom. The van der Waals surface area contributed by atoms with Crippen LogP contribution in [0.3, 0.4) is 0 Å².